The van der Waals surface area contributed by atoms with E-state index in [0.717, 1.165) is 22.3 Å². The SMILES string of the molecule is CC(CC(=O)N1CCS(=O)(=O)C(CC(=O)O)C1)NC(=O)OCC1c2ccccc2-c2ccccc21. The second-order valence-electron chi connectivity index (χ2n) is 9.00. The number of nitrogens with one attached hydrogen (secondary N) is 1. The lowest BCUT2D eigenvalue weighted by Gasteiger charge is -2.32. The Hall–Kier alpha value is -3.40. The lowest BCUT2D eigenvalue weighted by molar-refractivity contribution is -0.138. The number of carboxylic acid groups (broad SMARTS) is 1. The Morgan fingerprint density at radius 1 is 1.09 bits per heavy atom. The highest BCUT2D eigenvalue weighted by atomic mass is 32.2. The molecule has 1 saturated heterocycles. The summed E-state index contributed by atoms with van der Waals surface area (Å²) in [5.74, 6) is -1.92. The van der Waals surface area contributed by atoms with E-state index in [9.17, 15) is 22.8 Å². The Bertz CT molecular complexity index is 1200. The number of carboxylic acids is 1. The first kappa shape index (κ1) is 24.7. The summed E-state index contributed by atoms with van der Waals surface area (Å²) in [7, 11) is -3.55. The van der Waals surface area contributed by atoms with Gasteiger partial charge in [0.2, 0.25) is 5.91 Å². The number of carbonyl (C=O) groups excluding carboxylic acids is 2. The second-order valence-corrected chi connectivity index (χ2v) is 11.4. The minimum Gasteiger partial charge on any atom is -0.481 e. The van der Waals surface area contributed by atoms with E-state index >= 15 is 0 Å². The predicted octanol–water partition coefficient (Wildman–Crippen LogP) is 2.40. The van der Waals surface area contributed by atoms with Crippen LogP contribution >= 0.6 is 0 Å². The summed E-state index contributed by atoms with van der Waals surface area (Å²) in [5, 5.41) is 10.5. The van der Waals surface area contributed by atoms with Gasteiger partial charge in [-0.2, -0.15) is 0 Å². The summed E-state index contributed by atoms with van der Waals surface area (Å²) in [4.78, 5) is 37.5. The Morgan fingerprint density at radius 2 is 1.69 bits per heavy atom. The average Bonchev–Trinajstić information content (AvgIpc) is 3.12. The summed E-state index contributed by atoms with van der Waals surface area (Å²) in [6.45, 7) is 1.66. The van der Waals surface area contributed by atoms with Gasteiger partial charge >= 0.3 is 12.1 Å². The van der Waals surface area contributed by atoms with Crippen molar-refractivity contribution in [1.82, 2.24) is 10.2 Å². The van der Waals surface area contributed by atoms with Gasteiger partial charge in [-0.3, -0.25) is 9.59 Å². The largest absolute Gasteiger partial charge is 0.481 e. The number of hydrogen-bond donors (Lipinski definition) is 2. The van der Waals surface area contributed by atoms with Gasteiger partial charge in [0.15, 0.2) is 9.84 Å². The standard InChI is InChI=1S/C25H28N2O7S/c1-16(12-23(28)27-10-11-35(32,33)17(14-27)13-24(29)30)26-25(31)34-15-22-20-8-4-2-6-18(20)19-7-3-5-9-21(19)22/h2-9,16-17,22H,10-15H2,1H3,(H,26,31)(H,29,30). The van der Waals surface area contributed by atoms with Gasteiger partial charge in [0.1, 0.15) is 6.61 Å². The maximum Gasteiger partial charge on any atom is 0.407 e. The summed E-state index contributed by atoms with van der Waals surface area (Å²) in [6.07, 6.45) is -1.24. The first-order chi connectivity index (χ1) is 16.7. The lowest BCUT2D eigenvalue weighted by Crippen LogP contribution is -2.51. The number of rotatable bonds is 7. The van der Waals surface area contributed by atoms with Gasteiger partial charge < -0.3 is 20.1 Å². The Morgan fingerprint density at radius 3 is 2.29 bits per heavy atom. The highest BCUT2D eigenvalue weighted by Gasteiger charge is 2.36. The number of carbonyl (C=O) groups is 3. The van der Waals surface area contributed by atoms with E-state index in [0.29, 0.717) is 0 Å². The maximum absolute atomic E-state index is 12.7. The molecule has 2 aromatic carbocycles. The fraction of sp³-hybridized carbons (Fsp3) is 0.400. The highest BCUT2D eigenvalue weighted by molar-refractivity contribution is 7.92. The third kappa shape index (κ3) is 5.48. The van der Waals surface area contributed by atoms with Crippen molar-refractivity contribution in [3.05, 3.63) is 59.7 Å². The molecule has 0 aromatic heterocycles. The molecule has 2 N–H and O–H groups in total. The van der Waals surface area contributed by atoms with Crippen LogP contribution in [0.25, 0.3) is 11.1 Å². The van der Waals surface area contributed by atoms with E-state index in [1.807, 2.05) is 36.4 Å². The van der Waals surface area contributed by atoms with E-state index in [1.54, 1.807) is 6.92 Å². The molecule has 4 rings (SSSR count). The number of sulfone groups is 1. The summed E-state index contributed by atoms with van der Waals surface area (Å²) in [6, 6.07) is 15.5. The molecule has 35 heavy (non-hydrogen) atoms. The Kier molecular flexibility index (Phi) is 7.11. The van der Waals surface area contributed by atoms with Crippen LogP contribution in [0.1, 0.15) is 36.8 Å². The number of nitrogens with zero attached hydrogens (tertiary/aromatic N) is 1. The van der Waals surface area contributed by atoms with Gasteiger partial charge in [-0.25, -0.2) is 13.2 Å². The molecule has 2 atom stereocenters. The summed E-state index contributed by atoms with van der Waals surface area (Å²) in [5.41, 5.74) is 4.45. The average molecular weight is 501 g/mol. The zero-order chi connectivity index (χ0) is 25.2. The number of ether oxygens (including phenoxy) is 1. The van der Waals surface area contributed by atoms with Crippen molar-refractivity contribution in [2.75, 3.05) is 25.4 Å². The van der Waals surface area contributed by atoms with Crippen LogP contribution in [0.5, 0.6) is 0 Å². The number of amides is 2. The molecular weight excluding hydrogens is 472 g/mol. The van der Waals surface area contributed by atoms with E-state index in [2.05, 4.69) is 17.4 Å². The molecule has 2 unspecified atom stereocenters. The van der Waals surface area contributed by atoms with Crippen molar-refractivity contribution in [3.8, 4) is 11.1 Å². The van der Waals surface area contributed by atoms with Crippen LogP contribution in [-0.4, -0.2) is 73.1 Å². The number of alkyl carbamates (subject to hydrolysis) is 1. The number of benzene rings is 2. The third-order valence-corrected chi connectivity index (χ3v) is 8.60. The van der Waals surface area contributed by atoms with Crippen LogP contribution in [0.2, 0.25) is 0 Å². The van der Waals surface area contributed by atoms with Gasteiger partial charge in [-0.05, 0) is 29.2 Å². The van der Waals surface area contributed by atoms with Crippen LogP contribution < -0.4 is 5.32 Å². The Balaban J connectivity index is 1.30. The fourth-order valence-electron chi connectivity index (χ4n) is 4.75. The molecular formula is C25H28N2O7S. The molecule has 1 aliphatic carbocycles. The molecule has 2 aromatic rings. The minimum atomic E-state index is -3.55. The third-order valence-electron chi connectivity index (χ3n) is 6.52. The minimum absolute atomic E-state index is 0.00888. The molecule has 2 amide bonds. The van der Waals surface area contributed by atoms with E-state index < -0.39 is 39.6 Å². The van der Waals surface area contributed by atoms with Crippen molar-refractivity contribution in [2.24, 2.45) is 0 Å². The molecule has 0 radical (unpaired) electrons. The van der Waals surface area contributed by atoms with Gasteiger partial charge in [-0.15, -0.1) is 0 Å². The van der Waals surface area contributed by atoms with E-state index in [4.69, 9.17) is 9.84 Å². The first-order valence-corrected chi connectivity index (χ1v) is 13.2. The zero-order valence-corrected chi connectivity index (χ0v) is 20.2. The summed E-state index contributed by atoms with van der Waals surface area (Å²) >= 11 is 0. The van der Waals surface area contributed by atoms with Crippen molar-refractivity contribution in [3.63, 3.8) is 0 Å². The normalized spacial score (nSPS) is 19.3. The van der Waals surface area contributed by atoms with Crippen LogP contribution in [0, 0.1) is 0 Å². The van der Waals surface area contributed by atoms with E-state index in [1.165, 1.54) is 4.90 Å². The van der Waals surface area contributed by atoms with Crippen LogP contribution in [0.15, 0.2) is 48.5 Å². The van der Waals surface area contributed by atoms with Crippen LogP contribution in [0.3, 0.4) is 0 Å². The van der Waals surface area contributed by atoms with Gasteiger partial charge in [0.25, 0.3) is 0 Å². The number of aliphatic carboxylic acids is 1. The monoisotopic (exact) mass is 500 g/mol. The predicted molar refractivity (Wildman–Crippen MR) is 129 cm³/mol. The molecule has 0 saturated carbocycles. The molecule has 1 heterocycles. The van der Waals surface area contributed by atoms with Crippen molar-refractivity contribution in [1.29, 1.82) is 0 Å². The molecule has 1 aliphatic heterocycles. The van der Waals surface area contributed by atoms with Crippen molar-refractivity contribution < 1.29 is 32.6 Å². The quantitative estimate of drug-likeness (QED) is 0.597. The van der Waals surface area contributed by atoms with Crippen LogP contribution in [-0.2, 0) is 24.2 Å². The number of hydrogen-bond acceptors (Lipinski definition) is 6. The smallest absolute Gasteiger partial charge is 0.407 e. The molecule has 10 heteroatoms. The molecule has 9 nitrogen and oxygen atoms in total. The molecule has 1 fully saturated rings. The van der Waals surface area contributed by atoms with Crippen LogP contribution in [0.4, 0.5) is 4.79 Å². The molecule has 2 aliphatic rings. The number of fused-ring (bicyclic) bond motifs is 3. The Labute approximate surface area is 204 Å². The van der Waals surface area contributed by atoms with Gasteiger partial charge in [-0.1, -0.05) is 48.5 Å². The topological polar surface area (TPSA) is 130 Å². The molecule has 186 valence electrons. The second kappa shape index (κ2) is 10.1. The van der Waals surface area contributed by atoms with Gasteiger partial charge in [0.05, 0.1) is 17.4 Å². The molecule has 0 bridgehead atoms. The van der Waals surface area contributed by atoms with Crippen molar-refractivity contribution >= 4 is 27.8 Å². The summed E-state index contributed by atoms with van der Waals surface area (Å²) < 4.78 is 29.7. The highest BCUT2D eigenvalue weighted by Crippen LogP contribution is 2.44. The lowest BCUT2D eigenvalue weighted by atomic mass is 9.98. The first-order valence-electron chi connectivity index (χ1n) is 11.5. The van der Waals surface area contributed by atoms with E-state index in [-0.39, 0.29) is 43.7 Å². The van der Waals surface area contributed by atoms with Gasteiger partial charge in [0, 0.05) is 31.5 Å². The van der Waals surface area contributed by atoms with Crippen molar-refractivity contribution in [2.45, 2.75) is 37.0 Å². The zero-order valence-electron chi connectivity index (χ0n) is 19.3. The fourth-order valence-corrected chi connectivity index (χ4v) is 6.36. The molecule has 0 spiro atoms. The maximum atomic E-state index is 12.7.